The van der Waals surface area contributed by atoms with E-state index in [-0.39, 0.29) is 12.1 Å². The Hall–Kier alpha value is -3.02. The molecule has 1 saturated carbocycles. The molecule has 0 aromatic heterocycles. The molecular weight excluding hydrogens is 440 g/mol. The zero-order valence-electron chi connectivity index (χ0n) is 22.0. The number of rotatable bonds is 7. The van der Waals surface area contributed by atoms with Crippen LogP contribution in [0.4, 0.5) is 4.79 Å². The summed E-state index contributed by atoms with van der Waals surface area (Å²) in [5, 5.41) is 0. The van der Waals surface area contributed by atoms with Gasteiger partial charge in [-0.25, -0.2) is 4.79 Å². The van der Waals surface area contributed by atoms with Crippen LogP contribution < -0.4 is 10.5 Å². The van der Waals surface area contributed by atoms with Gasteiger partial charge in [0.2, 0.25) is 5.91 Å². The number of hydrogen-bond acceptors (Lipinski definition) is 4. The number of nitrogens with two attached hydrogens (primary N) is 1. The summed E-state index contributed by atoms with van der Waals surface area (Å²) >= 11 is 0. The van der Waals surface area contributed by atoms with Gasteiger partial charge in [-0.05, 0) is 99.7 Å². The van der Waals surface area contributed by atoms with Crippen LogP contribution in [0.5, 0.6) is 5.75 Å². The highest BCUT2D eigenvalue weighted by atomic mass is 16.6. The fourth-order valence-corrected chi connectivity index (χ4v) is 4.52. The molecule has 6 heteroatoms. The quantitative estimate of drug-likeness (QED) is 0.501. The molecule has 0 heterocycles. The van der Waals surface area contributed by atoms with Crippen molar-refractivity contribution < 1.29 is 19.1 Å². The third-order valence-electron chi connectivity index (χ3n) is 6.67. The molecule has 2 N–H and O–H groups in total. The summed E-state index contributed by atoms with van der Waals surface area (Å²) in [6, 6.07) is 13.4. The first kappa shape index (κ1) is 26.6. The average molecular weight is 481 g/mol. The molecule has 6 nitrogen and oxygen atoms in total. The summed E-state index contributed by atoms with van der Waals surface area (Å²) in [4.78, 5) is 26.4. The van der Waals surface area contributed by atoms with Gasteiger partial charge in [0.1, 0.15) is 18.0 Å². The lowest BCUT2D eigenvalue weighted by Gasteiger charge is -2.40. The Kier molecular flexibility index (Phi) is 8.14. The standard InChI is InChI=1S/C29H40N2O4/c1-20-7-8-22(26(30)32)19-25(20)21-9-11-24(12-10-21)34-18-17-31(27(33)35-28(2,3)4)23-13-15-29(5,6)16-14-23/h7-12,19,23H,13-18H2,1-6H3,(H2,30,32). The number of hydrogen-bond donors (Lipinski definition) is 1. The molecule has 35 heavy (non-hydrogen) atoms. The average Bonchev–Trinajstić information content (AvgIpc) is 2.76. The number of carbonyl (C=O) groups excluding carboxylic acids is 2. The van der Waals surface area contributed by atoms with E-state index in [0.717, 1.165) is 48.1 Å². The highest BCUT2D eigenvalue weighted by molar-refractivity contribution is 5.94. The molecule has 1 aliphatic carbocycles. The van der Waals surface area contributed by atoms with Crippen LogP contribution in [0.25, 0.3) is 11.1 Å². The molecule has 0 bridgehead atoms. The molecule has 3 rings (SSSR count). The minimum absolute atomic E-state index is 0.171. The van der Waals surface area contributed by atoms with Gasteiger partial charge < -0.3 is 20.1 Å². The summed E-state index contributed by atoms with van der Waals surface area (Å²) in [6.45, 7) is 13.1. The minimum Gasteiger partial charge on any atom is -0.492 e. The van der Waals surface area contributed by atoms with E-state index in [1.54, 1.807) is 6.07 Å². The van der Waals surface area contributed by atoms with Gasteiger partial charge in [0.15, 0.2) is 0 Å². The molecule has 2 amide bonds. The van der Waals surface area contributed by atoms with Crippen molar-refractivity contribution in [3.8, 4) is 16.9 Å². The SMILES string of the molecule is Cc1ccc(C(N)=O)cc1-c1ccc(OCCN(C(=O)OC(C)(C)C)C2CCC(C)(C)CC2)cc1. The molecular formula is C29H40N2O4. The fraction of sp³-hybridized carbons (Fsp3) is 0.517. The fourth-order valence-electron chi connectivity index (χ4n) is 4.52. The van der Waals surface area contributed by atoms with Crippen LogP contribution in [0.3, 0.4) is 0 Å². The second-order valence-electron chi connectivity index (χ2n) is 11.3. The molecule has 2 aromatic carbocycles. The highest BCUT2D eigenvalue weighted by Crippen LogP contribution is 2.37. The largest absolute Gasteiger partial charge is 0.492 e. The maximum Gasteiger partial charge on any atom is 0.410 e. The van der Waals surface area contributed by atoms with Crippen molar-refractivity contribution in [1.82, 2.24) is 4.90 Å². The Balaban J connectivity index is 1.65. The van der Waals surface area contributed by atoms with Gasteiger partial charge in [0, 0.05) is 11.6 Å². The van der Waals surface area contributed by atoms with Crippen LogP contribution in [-0.4, -0.2) is 41.7 Å². The summed E-state index contributed by atoms with van der Waals surface area (Å²) in [6.07, 6.45) is 3.87. The Bertz CT molecular complexity index is 1030. The van der Waals surface area contributed by atoms with Crippen molar-refractivity contribution in [2.45, 2.75) is 78.9 Å². The number of ether oxygens (including phenoxy) is 2. The van der Waals surface area contributed by atoms with E-state index in [9.17, 15) is 9.59 Å². The van der Waals surface area contributed by atoms with Gasteiger partial charge in [-0.3, -0.25) is 4.79 Å². The number of amides is 2. The maximum atomic E-state index is 13.0. The molecule has 2 aromatic rings. The van der Waals surface area contributed by atoms with Gasteiger partial charge in [-0.2, -0.15) is 0 Å². The predicted octanol–water partition coefficient (Wildman–Crippen LogP) is 6.35. The predicted molar refractivity (Wildman–Crippen MR) is 140 cm³/mol. The lowest BCUT2D eigenvalue weighted by molar-refractivity contribution is 0.00424. The Morgan fingerprint density at radius 2 is 1.69 bits per heavy atom. The maximum absolute atomic E-state index is 13.0. The summed E-state index contributed by atoms with van der Waals surface area (Å²) in [5.41, 5.74) is 8.72. The lowest BCUT2D eigenvalue weighted by atomic mass is 9.75. The zero-order chi connectivity index (χ0) is 25.8. The van der Waals surface area contributed by atoms with Crippen molar-refractivity contribution in [1.29, 1.82) is 0 Å². The van der Waals surface area contributed by atoms with Gasteiger partial charge in [0.05, 0.1) is 6.54 Å². The van der Waals surface area contributed by atoms with Crippen LogP contribution >= 0.6 is 0 Å². The van der Waals surface area contributed by atoms with Crippen LogP contribution in [0.2, 0.25) is 0 Å². The number of nitrogens with zero attached hydrogens (tertiary/aromatic N) is 1. The smallest absolute Gasteiger partial charge is 0.410 e. The van der Waals surface area contributed by atoms with Crippen molar-refractivity contribution in [2.75, 3.05) is 13.2 Å². The molecule has 190 valence electrons. The number of carbonyl (C=O) groups is 2. The van der Waals surface area contributed by atoms with Crippen LogP contribution in [0.1, 0.15) is 76.2 Å². The second kappa shape index (κ2) is 10.7. The van der Waals surface area contributed by atoms with Gasteiger partial charge in [0.25, 0.3) is 0 Å². The Morgan fingerprint density at radius 1 is 1.06 bits per heavy atom. The third kappa shape index (κ3) is 7.48. The van der Waals surface area contributed by atoms with Gasteiger partial charge >= 0.3 is 6.09 Å². The van der Waals surface area contributed by atoms with Gasteiger partial charge in [-0.15, -0.1) is 0 Å². The molecule has 1 fully saturated rings. The van der Waals surface area contributed by atoms with Crippen LogP contribution in [0.15, 0.2) is 42.5 Å². The third-order valence-corrected chi connectivity index (χ3v) is 6.67. The first-order valence-corrected chi connectivity index (χ1v) is 12.5. The molecule has 0 atom stereocenters. The monoisotopic (exact) mass is 480 g/mol. The summed E-state index contributed by atoms with van der Waals surface area (Å²) in [5.74, 6) is 0.286. The van der Waals surface area contributed by atoms with Crippen LogP contribution in [-0.2, 0) is 4.74 Å². The second-order valence-corrected chi connectivity index (χ2v) is 11.3. The van der Waals surface area contributed by atoms with Gasteiger partial charge in [-0.1, -0.05) is 32.0 Å². The Labute approximate surface area is 209 Å². The molecule has 0 radical (unpaired) electrons. The number of benzene rings is 2. The number of aryl methyl sites for hydroxylation is 1. The van der Waals surface area contributed by atoms with Crippen molar-refractivity contribution in [2.24, 2.45) is 11.1 Å². The van der Waals surface area contributed by atoms with Crippen molar-refractivity contribution in [3.05, 3.63) is 53.6 Å². The van der Waals surface area contributed by atoms with E-state index in [1.807, 2.05) is 69.0 Å². The van der Waals surface area contributed by atoms with E-state index in [4.69, 9.17) is 15.2 Å². The summed E-state index contributed by atoms with van der Waals surface area (Å²) < 4.78 is 11.7. The molecule has 0 aliphatic heterocycles. The van der Waals surface area contributed by atoms with E-state index in [1.165, 1.54) is 0 Å². The molecule has 0 unspecified atom stereocenters. The van der Waals surface area contributed by atoms with Crippen molar-refractivity contribution >= 4 is 12.0 Å². The van der Waals surface area contributed by atoms with E-state index >= 15 is 0 Å². The first-order chi connectivity index (χ1) is 16.3. The topological polar surface area (TPSA) is 81.9 Å². The molecule has 1 aliphatic rings. The minimum atomic E-state index is -0.538. The van der Waals surface area contributed by atoms with Crippen molar-refractivity contribution in [3.63, 3.8) is 0 Å². The van der Waals surface area contributed by atoms with E-state index in [0.29, 0.717) is 24.1 Å². The van der Waals surface area contributed by atoms with Crippen LogP contribution in [0, 0.1) is 12.3 Å². The normalized spacial score (nSPS) is 15.9. The molecule has 0 saturated heterocycles. The summed E-state index contributed by atoms with van der Waals surface area (Å²) in [7, 11) is 0. The zero-order valence-corrected chi connectivity index (χ0v) is 22.0. The van der Waals surface area contributed by atoms with E-state index < -0.39 is 11.5 Å². The Morgan fingerprint density at radius 3 is 2.26 bits per heavy atom. The molecule has 0 spiro atoms. The number of primary amides is 1. The lowest BCUT2D eigenvalue weighted by Crippen LogP contribution is -2.47. The first-order valence-electron chi connectivity index (χ1n) is 12.5. The van der Waals surface area contributed by atoms with E-state index in [2.05, 4.69) is 13.8 Å². The highest BCUT2D eigenvalue weighted by Gasteiger charge is 2.34.